The summed E-state index contributed by atoms with van der Waals surface area (Å²) >= 11 is 0. The van der Waals surface area contributed by atoms with E-state index in [1.54, 1.807) is 12.1 Å². The molecule has 0 saturated carbocycles. The molecule has 1 aromatic heterocycles. The van der Waals surface area contributed by atoms with E-state index in [2.05, 4.69) is 10.3 Å². The van der Waals surface area contributed by atoms with Crippen molar-refractivity contribution < 1.29 is 27.9 Å². The van der Waals surface area contributed by atoms with Gasteiger partial charge in [0, 0.05) is 23.7 Å². The molecule has 0 aliphatic carbocycles. The summed E-state index contributed by atoms with van der Waals surface area (Å²) in [6.07, 6.45) is -3.62. The smallest absolute Gasteiger partial charge is 0.417 e. The minimum atomic E-state index is -4.47. The number of pyridine rings is 1. The maximum atomic E-state index is 12.7. The van der Waals surface area contributed by atoms with Gasteiger partial charge in [-0.25, -0.2) is 4.79 Å². The van der Waals surface area contributed by atoms with E-state index in [4.69, 9.17) is 0 Å². The highest BCUT2D eigenvalue weighted by atomic mass is 19.4. The average Bonchev–Trinajstić information content (AvgIpc) is 2.89. The van der Waals surface area contributed by atoms with Crippen molar-refractivity contribution in [3.05, 3.63) is 114 Å². The van der Waals surface area contributed by atoms with Crippen molar-refractivity contribution >= 4 is 11.9 Å². The number of carbonyl (C=O) groups is 2. The molecule has 2 N–H and O–H groups in total. The Balaban J connectivity index is 1.42. The third-order valence-corrected chi connectivity index (χ3v) is 5.64. The molecule has 4 aromatic rings. The number of rotatable bonds is 7. The number of aliphatic carboxylic acids is 1. The van der Waals surface area contributed by atoms with Gasteiger partial charge in [-0.1, -0.05) is 66.7 Å². The van der Waals surface area contributed by atoms with Crippen LogP contribution in [-0.2, 0) is 17.4 Å². The van der Waals surface area contributed by atoms with Crippen molar-refractivity contribution in [1.29, 1.82) is 0 Å². The molecule has 1 unspecified atom stereocenters. The topological polar surface area (TPSA) is 79.3 Å². The van der Waals surface area contributed by atoms with Crippen molar-refractivity contribution in [2.75, 3.05) is 0 Å². The predicted octanol–water partition coefficient (Wildman–Crippen LogP) is 5.86. The number of aromatic nitrogens is 1. The van der Waals surface area contributed by atoms with Gasteiger partial charge in [-0.05, 0) is 41.0 Å². The van der Waals surface area contributed by atoms with Gasteiger partial charge in [0.15, 0.2) is 0 Å². The van der Waals surface area contributed by atoms with E-state index in [0.29, 0.717) is 11.3 Å². The Kier molecular flexibility index (Phi) is 7.15. The van der Waals surface area contributed by atoms with Gasteiger partial charge in [0.1, 0.15) is 6.04 Å². The first-order valence-electron chi connectivity index (χ1n) is 11.0. The number of nitrogens with one attached hydrogen (secondary N) is 1. The molecule has 0 saturated heterocycles. The van der Waals surface area contributed by atoms with Gasteiger partial charge in [0.05, 0.1) is 11.3 Å². The summed E-state index contributed by atoms with van der Waals surface area (Å²) in [6, 6.07) is 24.3. The number of hydrogen-bond acceptors (Lipinski definition) is 3. The first kappa shape index (κ1) is 24.7. The lowest BCUT2D eigenvalue weighted by atomic mass is 10.0. The normalized spacial score (nSPS) is 12.1. The van der Waals surface area contributed by atoms with Gasteiger partial charge in [-0.15, -0.1) is 0 Å². The standard InChI is InChI=1S/C28H21F3N2O3/c29-28(30,31)23-14-15-24(32-17-23)21-10-12-22(13-11-21)26(34)33-25(27(35)36)16-18-6-8-20(9-7-18)19-4-2-1-3-5-19/h1-15,17,25H,16H2,(H,33,34)(H,35,36). The second kappa shape index (κ2) is 10.4. The van der Waals surface area contributed by atoms with Crippen molar-refractivity contribution in [3.63, 3.8) is 0 Å². The summed E-state index contributed by atoms with van der Waals surface area (Å²) in [5.74, 6) is -1.74. The lowest BCUT2D eigenvalue weighted by molar-refractivity contribution is -0.139. The van der Waals surface area contributed by atoms with E-state index >= 15 is 0 Å². The second-order valence-corrected chi connectivity index (χ2v) is 8.14. The van der Waals surface area contributed by atoms with Crippen LogP contribution in [0.25, 0.3) is 22.4 Å². The van der Waals surface area contributed by atoms with Gasteiger partial charge in [0.2, 0.25) is 0 Å². The highest BCUT2D eigenvalue weighted by Gasteiger charge is 2.30. The predicted molar refractivity (Wildman–Crippen MR) is 129 cm³/mol. The van der Waals surface area contributed by atoms with Crippen LogP contribution in [0, 0.1) is 0 Å². The molecular weight excluding hydrogens is 469 g/mol. The molecule has 3 aromatic carbocycles. The Morgan fingerprint density at radius 3 is 1.97 bits per heavy atom. The molecule has 0 spiro atoms. The van der Waals surface area contributed by atoms with Crippen LogP contribution in [0.5, 0.6) is 0 Å². The number of amides is 1. The molecule has 182 valence electrons. The summed E-state index contributed by atoms with van der Waals surface area (Å²) in [4.78, 5) is 28.3. The molecule has 0 fully saturated rings. The quantitative estimate of drug-likeness (QED) is 0.340. The average molecular weight is 490 g/mol. The molecule has 0 radical (unpaired) electrons. The van der Waals surface area contributed by atoms with Crippen LogP contribution in [0.1, 0.15) is 21.5 Å². The second-order valence-electron chi connectivity index (χ2n) is 8.14. The van der Waals surface area contributed by atoms with E-state index < -0.39 is 29.7 Å². The fourth-order valence-corrected chi connectivity index (χ4v) is 3.67. The van der Waals surface area contributed by atoms with Crippen LogP contribution >= 0.6 is 0 Å². The third kappa shape index (κ3) is 5.96. The van der Waals surface area contributed by atoms with E-state index in [1.165, 1.54) is 18.2 Å². The van der Waals surface area contributed by atoms with Crippen molar-refractivity contribution in [2.45, 2.75) is 18.6 Å². The maximum Gasteiger partial charge on any atom is 0.417 e. The monoisotopic (exact) mass is 490 g/mol. The number of carboxylic acids is 1. The number of nitrogens with zero attached hydrogens (tertiary/aromatic N) is 1. The minimum absolute atomic E-state index is 0.101. The van der Waals surface area contributed by atoms with Gasteiger partial charge in [-0.2, -0.15) is 13.2 Å². The van der Waals surface area contributed by atoms with Crippen molar-refractivity contribution in [3.8, 4) is 22.4 Å². The van der Waals surface area contributed by atoms with Crippen molar-refractivity contribution in [1.82, 2.24) is 10.3 Å². The Morgan fingerprint density at radius 2 is 1.42 bits per heavy atom. The van der Waals surface area contributed by atoms with Crippen LogP contribution in [0.3, 0.4) is 0 Å². The fraction of sp³-hybridized carbons (Fsp3) is 0.107. The van der Waals surface area contributed by atoms with Gasteiger partial charge < -0.3 is 10.4 Å². The Morgan fingerprint density at radius 1 is 0.806 bits per heavy atom. The van der Waals surface area contributed by atoms with Gasteiger partial charge >= 0.3 is 12.1 Å². The lowest BCUT2D eigenvalue weighted by Gasteiger charge is -2.15. The lowest BCUT2D eigenvalue weighted by Crippen LogP contribution is -2.42. The SMILES string of the molecule is O=C(NC(Cc1ccc(-c2ccccc2)cc1)C(=O)O)c1ccc(-c2ccc(C(F)(F)F)cn2)cc1. The Bertz CT molecular complexity index is 1340. The van der Waals surface area contributed by atoms with E-state index in [9.17, 15) is 27.9 Å². The summed E-state index contributed by atoms with van der Waals surface area (Å²) in [6.45, 7) is 0. The molecule has 0 bridgehead atoms. The zero-order chi connectivity index (χ0) is 25.7. The number of benzene rings is 3. The van der Waals surface area contributed by atoms with Crippen LogP contribution in [0.4, 0.5) is 13.2 Å². The zero-order valence-corrected chi connectivity index (χ0v) is 18.9. The molecule has 1 atom stereocenters. The van der Waals surface area contributed by atoms with Crippen LogP contribution in [-0.4, -0.2) is 28.0 Å². The maximum absolute atomic E-state index is 12.7. The first-order chi connectivity index (χ1) is 17.2. The van der Waals surface area contributed by atoms with Crippen LogP contribution < -0.4 is 5.32 Å². The third-order valence-electron chi connectivity index (χ3n) is 5.64. The highest BCUT2D eigenvalue weighted by molar-refractivity contribution is 5.97. The number of carboxylic acid groups (broad SMARTS) is 1. The zero-order valence-electron chi connectivity index (χ0n) is 18.9. The molecule has 5 nitrogen and oxygen atoms in total. The van der Waals surface area contributed by atoms with Crippen LogP contribution in [0.2, 0.25) is 0 Å². The highest BCUT2D eigenvalue weighted by Crippen LogP contribution is 2.29. The molecule has 4 rings (SSSR count). The molecule has 8 heteroatoms. The Hall–Kier alpha value is -4.46. The van der Waals surface area contributed by atoms with E-state index in [0.717, 1.165) is 29.0 Å². The Labute approximate surface area is 205 Å². The van der Waals surface area contributed by atoms with Crippen LogP contribution in [0.15, 0.2) is 97.2 Å². The number of halogens is 3. The summed E-state index contributed by atoms with van der Waals surface area (Å²) in [7, 11) is 0. The molecule has 1 amide bonds. The molecule has 0 aliphatic rings. The first-order valence-corrected chi connectivity index (χ1v) is 11.0. The molecule has 0 aliphatic heterocycles. The van der Waals surface area contributed by atoms with Gasteiger partial charge in [-0.3, -0.25) is 9.78 Å². The summed E-state index contributed by atoms with van der Waals surface area (Å²) < 4.78 is 38.2. The van der Waals surface area contributed by atoms with Crippen molar-refractivity contribution in [2.24, 2.45) is 0 Å². The summed E-state index contributed by atoms with van der Waals surface area (Å²) in [5, 5.41) is 12.2. The largest absolute Gasteiger partial charge is 0.480 e. The van der Waals surface area contributed by atoms with E-state index in [1.807, 2.05) is 54.6 Å². The van der Waals surface area contributed by atoms with Gasteiger partial charge in [0.25, 0.3) is 5.91 Å². The molecule has 1 heterocycles. The molecule has 36 heavy (non-hydrogen) atoms. The minimum Gasteiger partial charge on any atom is -0.480 e. The fourth-order valence-electron chi connectivity index (χ4n) is 3.67. The summed E-state index contributed by atoms with van der Waals surface area (Å²) in [5.41, 5.74) is 3.00. The number of alkyl halides is 3. The van der Waals surface area contributed by atoms with E-state index in [-0.39, 0.29) is 12.0 Å². The number of hydrogen-bond donors (Lipinski definition) is 2. The number of carbonyl (C=O) groups excluding carboxylic acids is 1. The molecular formula is C28H21F3N2O3.